The molecule has 2 N–H and O–H groups in total. The summed E-state index contributed by atoms with van der Waals surface area (Å²) in [5.74, 6) is 0.288. The van der Waals surface area contributed by atoms with Gasteiger partial charge in [0, 0.05) is 5.56 Å². The smallest absolute Gasteiger partial charge is 0.253 e. The van der Waals surface area contributed by atoms with Gasteiger partial charge in [0.05, 0.1) is 5.39 Å². The van der Waals surface area contributed by atoms with Gasteiger partial charge in [-0.1, -0.05) is 11.6 Å². The van der Waals surface area contributed by atoms with E-state index in [4.69, 9.17) is 11.6 Å². The lowest BCUT2D eigenvalue weighted by Crippen LogP contribution is -2.29. The molecule has 0 aromatic carbocycles. The summed E-state index contributed by atoms with van der Waals surface area (Å²) >= 11 is 6.03. The Morgan fingerprint density at radius 3 is 2.83 bits per heavy atom. The first-order valence-electron chi connectivity index (χ1n) is 6.00. The first-order valence-corrected chi connectivity index (χ1v) is 6.37. The van der Waals surface area contributed by atoms with Crippen LogP contribution in [0.3, 0.4) is 0 Å². The lowest BCUT2D eigenvalue weighted by Gasteiger charge is -2.22. The summed E-state index contributed by atoms with van der Waals surface area (Å²) in [6, 6.07) is 1.84. The molecule has 1 saturated heterocycles. The summed E-state index contributed by atoms with van der Waals surface area (Å²) in [7, 11) is 0. The van der Waals surface area contributed by atoms with Gasteiger partial charge in [-0.15, -0.1) is 0 Å². The molecule has 2 aromatic rings. The number of H-pyrrole nitrogens is 1. The summed E-state index contributed by atoms with van der Waals surface area (Å²) in [6.07, 6.45) is 3.30. The molecule has 94 valence electrons. The highest BCUT2D eigenvalue weighted by atomic mass is 35.5. The molecule has 0 spiro atoms. The van der Waals surface area contributed by atoms with Gasteiger partial charge in [0.1, 0.15) is 17.1 Å². The Bertz CT molecular complexity index is 634. The number of piperidine rings is 1. The molecular formula is C12H13ClN4O. The number of hydrogen-bond donors (Lipinski definition) is 2. The van der Waals surface area contributed by atoms with Crippen LogP contribution < -0.4 is 10.9 Å². The number of fused-ring (bicyclic) bond motifs is 1. The van der Waals surface area contributed by atoms with E-state index in [9.17, 15) is 4.79 Å². The molecular weight excluding hydrogens is 252 g/mol. The molecule has 18 heavy (non-hydrogen) atoms. The number of halogens is 1. The van der Waals surface area contributed by atoms with Gasteiger partial charge in [0.15, 0.2) is 0 Å². The quantitative estimate of drug-likeness (QED) is 0.765. The number of rotatable bonds is 1. The second kappa shape index (κ2) is 4.66. The molecule has 0 saturated carbocycles. The highest BCUT2D eigenvalue weighted by Crippen LogP contribution is 2.25. The molecule has 1 aliphatic rings. The van der Waals surface area contributed by atoms with E-state index >= 15 is 0 Å². The zero-order valence-corrected chi connectivity index (χ0v) is 10.5. The van der Waals surface area contributed by atoms with Gasteiger partial charge < -0.3 is 10.3 Å². The highest BCUT2D eigenvalue weighted by Gasteiger charge is 2.19. The second-order valence-electron chi connectivity index (χ2n) is 4.50. The molecule has 2 aromatic heterocycles. The summed E-state index contributed by atoms with van der Waals surface area (Å²) in [5.41, 5.74) is 1.22. The van der Waals surface area contributed by atoms with Crippen molar-refractivity contribution in [3.63, 3.8) is 0 Å². The number of aromatic nitrogens is 3. The van der Waals surface area contributed by atoms with Crippen molar-refractivity contribution in [2.45, 2.75) is 18.8 Å². The molecule has 5 nitrogen and oxygen atoms in total. The fourth-order valence-corrected chi connectivity index (χ4v) is 2.63. The van der Waals surface area contributed by atoms with E-state index in [0.29, 0.717) is 16.2 Å². The van der Waals surface area contributed by atoms with Crippen LogP contribution in [0.4, 0.5) is 0 Å². The predicted molar refractivity (Wildman–Crippen MR) is 70.0 cm³/mol. The van der Waals surface area contributed by atoms with Gasteiger partial charge in [-0.2, -0.15) is 0 Å². The van der Waals surface area contributed by atoms with Crippen molar-refractivity contribution in [3.8, 4) is 0 Å². The summed E-state index contributed by atoms with van der Waals surface area (Å²) in [5, 5.41) is 4.39. The maximum atomic E-state index is 12.1. The standard InChI is InChI=1S/C12H13ClN4O/c13-10-9-5-8(7-1-3-14-4-2-7)12(18)17-11(9)16-6-15-10/h5-7,14H,1-4H2,(H,15,16,17,18). The van der Waals surface area contributed by atoms with E-state index in [1.807, 2.05) is 6.07 Å². The third-order valence-corrected chi connectivity index (χ3v) is 3.71. The zero-order chi connectivity index (χ0) is 12.5. The maximum Gasteiger partial charge on any atom is 0.253 e. The van der Waals surface area contributed by atoms with Crippen molar-refractivity contribution in [2.75, 3.05) is 13.1 Å². The third kappa shape index (κ3) is 2.00. The molecule has 0 unspecified atom stereocenters. The van der Waals surface area contributed by atoms with Crippen molar-refractivity contribution >= 4 is 22.6 Å². The lowest BCUT2D eigenvalue weighted by atomic mass is 9.91. The lowest BCUT2D eigenvalue weighted by molar-refractivity contribution is 0.458. The zero-order valence-electron chi connectivity index (χ0n) is 9.74. The fourth-order valence-electron chi connectivity index (χ4n) is 2.44. The molecule has 0 atom stereocenters. The van der Waals surface area contributed by atoms with Gasteiger partial charge in [0.2, 0.25) is 0 Å². The summed E-state index contributed by atoms with van der Waals surface area (Å²) < 4.78 is 0. The van der Waals surface area contributed by atoms with E-state index in [1.54, 1.807) is 0 Å². The number of nitrogens with one attached hydrogen (secondary N) is 2. The molecule has 3 rings (SSSR count). The van der Waals surface area contributed by atoms with Crippen LogP contribution in [0.2, 0.25) is 5.15 Å². The maximum absolute atomic E-state index is 12.1. The number of aromatic amines is 1. The van der Waals surface area contributed by atoms with Gasteiger partial charge >= 0.3 is 0 Å². The van der Waals surface area contributed by atoms with Crippen molar-refractivity contribution in [1.82, 2.24) is 20.3 Å². The Balaban J connectivity index is 2.14. The monoisotopic (exact) mass is 264 g/mol. The van der Waals surface area contributed by atoms with Crippen LogP contribution in [-0.2, 0) is 0 Å². The largest absolute Gasteiger partial charge is 0.317 e. The number of pyridine rings is 1. The van der Waals surface area contributed by atoms with Crippen molar-refractivity contribution < 1.29 is 0 Å². The number of hydrogen-bond acceptors (Lipinski definition) is 4. The molecule has 3 heterocycles. The van der Waals surface area contributed by atoms with E-state index in [1.165, 1.54) is 6.33 Å². The van der Waals surface area contributed by atoms with Crippen molar-refractivity contribution in [2.24, 2.45) is 0 Å². The molecule has 0 aliphatic carbocycles. The first-order chi connectivity index (χ1) is 8.75. The average molecular weight is 265 g/mol. The minimum absolute atomic E-state index is 0.0656. The van der Waals surface area contributed by atoms with Gasteiger partial charge in [-0.05, 0) is 37.9 Å². The average Bonchev–Trinajstić information content (AvgIpc) is 2.39. The van der Waals surface area contributed by atoms with Crippen molar-refractivity contribution in [3.05, 3.63) is 33.5 Å². The molecule has 0 radical (unpaired) electrons. The van der Waals surface area contributed by atoms with Crippen LogP contribution in [-0.4, -0.2) is 28.0 Å². The van der Waals surface area contributed by atoms with E-state index in [-0.39, 0.29) is 11.5 Å². The SMILES string of the molecule is O=c1[nH]c2ncnc(Cl)c2cc1C1CCNCC1. The highest BCUT2D eigenvalue weighted by molar-refractivity contribution is 6.33. The normalized spacial score (nSPS) is 17.2. The summed E-state index contributed by atoms with van der Waals surface area (Å²) in [4.78, 5) is 22.8. The van der Waals surface area contributed by atoms with Crippen LogP contribution in [0.15, 0.2) is 17.2 Å². The van der Waals surface area contributed by atoms with Gasteiger partial charge in [-0.25, -0.2) is 9.97 Å². The van der Waals surface area contributed by atoms with E-state index in [2.05, 4.69) is 20.3 Å². The predicted octanol–water partition coefficient (Wildman–Crippen LogP) is 1.44. The Morgan fingerprint density at radius 2 is 2.06 bits per heavy atom. The molecule has 6 heteroatoms. The van der Waals surface area contributed by atoms with Crippen LogP contribution in [0.5, 0.6) is 0 Å². The molecule has 1 aliphatic heterocycles. The molecule has 0 amide bonds. The molecule has 1 fully saturated rings. The summed E-state index contributed by atoms with van der Waals surface area (Å²) in [6.45, 7) is 1.89. The Labute approximate surface area is 109 Å². The van der Waals surface area contributed by atoms with E-state index in [0.717, 1.165) is 31.5 Å². The minimum Gasteiger partial charge on any atom is -0.317 e. The molecule has 0 bridgehead atoms. The van der Waals surface area contributed by atoms with Crippen LogP contribution in [0.1, 0.15) is 24.3 Å². The topological polar surface area (TPSA) is 70.7 Å². The van der Waals surface area contributed by atoms with E-state index < -0.39 is 0 Å². The van der Waals surface area contributed by atoms with Gasteiger partial charge in [0.25, 0.3) is 5.56 Å². The Kier molecular flexibility index (Phi) is 3.01. The Morgan fingerprint density at radius 1 is 1.28 bits per heavy atom. The van der Waals surface area contributed by atoms with Crippen LogP contribution in [0, 0.1) is 0 Å². The van der Waals surface area contributed by atoms with Crippen LogP contribution in [0.25, 0.3) is 11.0 Å². The third-order valence-electron chi connectivity index (χ3n) is 3.41. The second-order valence-corrected chi connectivity index (χ2v) is 4.86. The fraction of sp³-hybridized carbons (Fsp3) is 0.417. The first kappa shape index (κ1) is 11.6. The number of nitrogens with zero attached hydrogens (tertiary/aromatic N) is 2. The Hall–Kier alpha value is -1.46. The van der Waals surface area contributed by atoms with Crippen LogP contribution >= 0.6 is 11.6 Å². The van der Waals surface area contributed by atoms with Gasteiger partial charge in [-0.3, -0.25) is 4.79 Å². The minimum atomic E-state index is -0.0656. The van der Waals surface area contributed by atoms with Crippen molar-refractivity contribution in [1.29, 1.82) is 0 Å².